The molecular formula is C13H10FNO2. The van der Waals surface area contributed by atoms with E-state index in [1.807, 2.05) is 0 Å². The molecule has 0 aliphatic rings. The normalized spacial score (nSPS) is 10.0. The number of ether oxygens (including phenoxy) is 1. The molecule has 4 heteroatoms. The first-order chi connectivity index (χ1) is 8.24. The second-order valence-electron chi connectivity index (χ2n) is 3.44. The van der Waals surface area contributed by atoms with E-state index >= 15 is 0 Å². The summed E-state index contributed by atoms with van der Waals surface area (Å²) in [5, 5.41) is 0. The maximum absolute atomic E-state index is 13.2. The monoisotopic (exact) mass is 231 g/mol. The molecule has 3 nitrogen and oxygen atoms in total. The molecule has 0 aliphatic carbocycles. The second kappa shape index (κ2) is 4.74. The van der Waals surface area contributed by atoms with E-state index in [2.05, 4.69) is 4.98 Å². The van der Waals surface area contributed by atoms with Crippen LogP contribution in [0.5, 0.6) is 5.88 Å². The van der Waals surface area contributed by atoms with Crippen molar-refractivity contribution >= 4 is 6.29 Å². The molecule has 0 aliphatic heterocycles. The number of aromatic nitrogens is 1. The summed E-state index contributed by atoms with van der Waals surface area (Å²) in [6.45, 7) is 0. The molecule has 86 valence electrons. The number of halogens is 1. The van der Waals surface area contributed by atoms with Crippen molar-refractivity contribution in [1.82, 2.24) is 4.98 Å². The minimum Gasteiger partial charge on any atom is -0.481 e. The summed E-state index contributed by atoms with van der Waals surface area (Å²) in [5.41, 5.74) is 1.60. The highest BCUT2D eigenvalue weighted by molar-refractivity contribution is 5.79. The summed E-state index contributed by atoms with van der Waals surface area (Å²) >= 11 is 0. The Hall–Kier alpha value is -2.23. The maximum atomic E-state index is 13.2. The number of carbonyl (C=O) groups is 1. The van der Waals surface area contributed by atoms with E-state index in [1.54, 1.807) is 24.4 Å². The summed E-state index contributed by atoms with van der Waals surface area (Å²) in [6, 6.07) is 7.87. The van der Waals surface area contributed by atoms with E-state index < -0.39 is 5.82 Å². The van der Waals surface area contributed by atoms with Crippen LogP contribution in [-0.4, -0.2) is 18.4 Å². The van der Waals surface area contributed by atoms with Crippen molar-refractivity contribution in [2.75, 3.05) is 7.11 Å². The molecule has 0 amide bonds. The van der Waals surface area contributed by atoms with Crippen molar-refractivity contribution in [2.45, 2.75) is 0 Å². The number of pyridine rings is 1. The summed E-state index contributed by atoms with van der Waals surface area (Å²) in [7, 11) is 1.52. The third-order valence-electron chi connectivity index (χ3n) is 2.40. The quantitative estimate of drug-likeness (QED) is 0.762. The first kappa shape index (κ1) is 11.3. The van der Waals surface area contributed by atoms with Crippen LogP contribution in [-0.2, 0) is 0 Å². The number of rotatable bonds is 3. The van der Waals surface area contributed by atoms with Crippen LogP contribution in [0.25, 0.3) is 11.1 Å². The van der Waals surface area contributed by atoms with Gasteiger partial charge in [0.15, 0.2) is 6.29 Å². The second-order valence-corrected chi connectivity index (χ2v) is 3.44. The smallest absolute Gasteiger partial charge is 0.213 e. The van der Waals surface area contributed by atoms with Crippen molar-refractivity contribution < 1.29 is 13.9 Å². The number of nitrogens with zero attached hydrogens (tertiary/aromatic N) is 1. The molecule has 1 heterocycles. The zero-order chi connectivity index (χ0) is 12.3. The first-order valence-electron chi connectivity index (χ1n) is 4.99. The third-order valence-corrected chi connectivity index (χ3v) is 2.40. The third kappa shape index (κ3) is 2.30. The van der Waals surface area contributed by atoms with Gasteiger partial charge in [0.2, 0.25) is 5.88 Å². The van der Waals surface area contributed by atoms with E-state index in [-0.39, 0.29) is 5.56 Å². The topological polar surface area (TPSA) is 39.2 Å². The molecule has 0 radical (unpaired) electrons. The molecule has 17 heavy (non-hydrogen) atoms. The van der Waals surface area contributed by atoms with Gasteiger partial charge in [-0.3, -0.25) is 4.79 Å². The highest BCUT2D eigenvalue weighted by Gasteiger charge is 2.05. The van der Waals surface area contributed by atoms with E-state index in [1.165, 1.54) is 19.2 Å². The molecule has 0 fully saturated rings. The van der Waals surface area contributed by atoms with E-state index in [0.717, 1.165) is 11.1 Å². The lowest BCUT2D eigenvalue weighted by Crippen LogP contribution is -1.90. The average Bonchev–Trinajstić information content (AvgIpc) is 2.39. The van der Waals surface area contributed by atoms with Gasteiger partial charge in [0.1, 0.15) is 5.82 Å². The lowest BCUT2D eigenvalue weighted by atomic mass is 10.0. The molecule has 0 saturated heterocycles. The Morgan fingerprint density at radius 1 is 1.24 bits per heavy atom. The summed E-state index contributed by atoms with van der Waals surface area (Å²) < 4.78 is 18.2. The molecule has 0 N–H and O–H groups in total. The van der Waals surface area contributed by atoms with Gasteiger partial charge < -0.3 is 4.74 Å². The lowest BCUT2D eigenvalue weighted by molar-refractivity contribution is 0.112. The molecule has 0 atom stereocenters. The zero-order valence-electron chi connectivity index (χ0n) is 9.18. The van der Waals surface area contributed by atoms with Crippen LogP contribution < -0.4 is 4.74 Å². The number of benzene rings is 1. The van der Waals surface area contributed by atoms with Gasteiger partial charge in [0.05, 0.1) is 12.7 Å². The van der Waals surface area contributed by atoms with Crippen LogP contribution in [0.15, 0.2) is 36.5 Å². The molecule has 1 aromatic carbocycles. The van der Waals surface area contributed by atoms with Gasteiger partial charge in [-0.25, -0.2) is 9.37 Å². The van der Waals surface area contributed by atoms with Crippen molar-refractivity contribution in [3.05, 3.63) is 47.9 Å². The van der Waals surface area contributed by atoms with E-state index in [9.17, 15) is 9.18 Å². The molecule has 2 rings (SSSR count). The Balaban J connectivity index is 2.48. The molecule has 0 bridgehead atoms. The summed E-state index contributed by atoms with van der Waals surface area (Å²) in [4.78, 5) is 14.6. The Kier molecular flexibility index (Phi) is 3.14. The van der Waals surface area contributed by atoms with Crippen molar-refractivity contribution in [3.63, 3.8) is 0 Å². The van der Waals surface area contributed by atoms with Gasteiger partial charge in [0.25, 0.3) is 0 Å². The van der Waals surface area contributed by atoms with Gasteiger partial charge in [-0.1, -0.05) is 6.07 Å². The van der Waals surface area contributed by atoms with Crippen LogP contribution >= 0.6 is 0 Å². The van der Waals surface area contributed by atoms with Crippen molar-refractivity contribution in [1.29, 1.82) is 0 Å². The molecule has 0 unspecified atom stereocenters. The predicted octanol–water partition coefficient (Wildman–Crippen LogP) is 2.71. The van der Waals surface area contributed by atoms with E-state index in [4.69, 9.17) is 4.74 Å². The van der Waals surface area contributed by atoms with Gasteiger partial charge >= 0.3 is 0 Å². The lowest BCUT2D eigenvalue weighted by Gasteiger charge is -2.05. The average molecular weight is 231 g/mol. The Labute approximate surface area is 97.9 Å². The molecule has 0 saturated carbocycles. The van der Waals surface area contributed by atoms with Crippen LogP contribution in [0.1, 0.15) is 10.4 Å². The van der Waals surface area contributed by atoms with Gasteiger partial charge in [-0.05, 0) is 29.3 Å². The predicted molar refractivity (Wildman–Crippen MR) is 61.6 cm³/mol. The molecule has 2 aromatic rings. The number of hydrogen-bond acceptors (Lipinski definition) is 3. The fourth-order valence-corrected chi connectivity index (χ4v) is 1.51. The van der Waals surface area contributed by atoms with E-state index in [0.29, 0.717) is 12.2 Å². The van der Waals surface area contributed by atoms with Crippen molar-refractivity contribution in [2.24, 2.45) is 0 Å². The summed E-state index contributed by atoms with van der Waals surface area (Å²) in [6.07, 6.45) is 2.09. The van der Waals surface area contributed by atoms with Gasteiger partial charge in [-0.15, -0.1) is 0 Å². The van der Waals surface area contributed by atoms with Crippen LogP contribution in [0.2, 0.25) is 0 Å². The Morgan fingerprint density at radius 2 is 2.00 bits per heavy atom. The molecular weight excluding hydrogens is 221 g/mol. The van der Waals surface area contributed by atoms with Crippen LogP contribution in [0.3, 0.4) is 0 Å². The van der Waals surface area contributed by atoms with Crippen LogP contribution in [0, 0.1) is 5.82 Å². The summed E-state index contributed by atoms with van der Waals surface area (Å²) in [5.74, 6) is -0.0516. The zero-order valence-corrected chi connectivity index (χ0v) is 9.18. The number of aldehydes is 1. The standard InChI is InChI=1S/C13H10FNO2/c1-17-13-7-10(4-5-15-13)9-2-3-12(14)11(6-9)8-16/h2-8H,1H3. The largest absolute Gasteiger partial charge is 0.481 e. The minimum absolute atomic E-state index is 0.0401. The minimum atomic E-state index is -0.523. The highest BCUT2D eigenvalue weighted by atomic mass is 19.1. The SMILES string of the molecule is COc1cc(-c2ccc(F)c(C=O)c2)ccn1. The fourth-order valence-electron chi connectivity index (χ4n) is 1.51. The van der Waals surface area contributed by atoms with Gasteiger partial charge in [0, 0.05) is 12.3 Å². The number of carbonyl (C=O) groups excluding carboxylic acids is 1. The molecule has 0 spiro atoms. The number of hydrogen-bond donors (Lipinski definition) is 0. The maximum Gasteiger partial charge on any atom is 0.213 e. The first-order valence-corrected chi connectivity index (χ1v) is 4.99. The molecule has 1 aromatic heterocycles. The van der Waals surface area contributed by atoms with Crippen LogP contribution in [0.4, 0.5) is 4.39 Å². The Bertz CT molecular complexity index is 555. The number of methoxy groups -OCH3 is 1. The highest BCUT2D eigenvalue weighted by Crippen LogP contribution is 2.23. The fraction of sp³-hybridized carbons (Fsp3) is 0.0769. The Morgan fingerprint density at radius 3 is 2.71 bits per heavy atom. The van der Waals surface area contributed by atoms with Crippen molar-refractivity contribution in [3.8, 4) is 17.0 Å². The van der Waals surface area contributed by atoms with Gasteiger partial charge in [-0.2, -0.15) is 0 Å².